The minimum atomic E-state index is -0.520. The van der Waals surface area contributed by atoms with Crippen LogP contribution < -0.4 is 20.7 Å². The highest BCUT2D eigenvalue weighted by atomic mass is 19.1. The van der Waals surface area contributed by atoms with Gasteiger partial charge in [0, 0.05) is 17.2 Å². The molecule has 0 spiro atoms. The van der Waals surface area contributed by atoms with Gasteiger partial charge in [-0.05, 0) is 49.2 Å². The second-order valence-electron chi connectivity index (χ2n) is 6.42. The van der Waals surface area contributed by atoms with Crippen LogP contribution in [0.15, 0.2) is 42.5 Å². The summed E-state index contributed by atoms with van der Waals surface area (Å²) in [5.41, 5.74) is 0.886. The molecule has 3 rings (SSSR count). The Hall–Kier alpha value is -3.42. The number of benzene rings is 2. The number of anilines is 2. The van der Waals surface area contributed by atoms with Crippen LogP contribution in [0.25, 0.3) is 0 Å². The summed E-state index contributed by atoms with van der Waals surface area (Å²) in [7, 11) is 1.44. The molecule has 3 amide bonds. The molecule has 1 aliphatic rings. The first kappa shape index (κ1) is 19.3. The van der Waals surface area contributed by atoms with Gasteiger partial charge in [0.15, 0.2) is 0 Å². The molecule has 1 aliphatic carbocycles. The van der Waals surface area contributed by atoms with E-state index < -0.39 is 11.7 Å². The first-order valence-electron chi connectivity index (χ1n) is 8.79. The van der Waals surface area contributed by atoms with Gasteiger partial charge in [0.05, 0.1) is 19.3 Å². The van der Waals surface area contributed by atoms with E-state index in [1.54, 1.807) is 12.1 Å². The van der Waals surface area contributed by atoms with E-state index in [1.807, 2.05) is 0 Å². The van der Waals surface area contributed by atoms with Crippen LogP contribution >= 0.6 is 0 Å². The highest BCUT2D eigenvalue weighted by molar-refractivity contribution is 6.05. The third-order valence-electron chi connectivity index (χ3n) is 4.19. The van der Waals surface area contributed by atoms with Crippen molar-refractivity contribution in [1.29, 1.82) is 0 Å². The zero-order chi connectivity index (χ0) is 20.1. The van der Waals surface area contributed by atoms with Crippen LogP contribution in [0.4, 0.5) is 15.8 Å². The van der Waals surface area contributed by atoms with Crippen molar-refractivity contribution in [2.75, 3.05) is 24.3 Å². The molecule has 1 saturated carbocycles. The van der Waals surface area contributed by atoms with Gasteiger partial charge >= 0.3 is 0 Å². The second kappa shape index (κ2) is 8.51. The van der Waals surface area contributed by atoms with Crippen molar-refractivity contribution in [2.24, 2.45) is 5.92 Å². The molecule has 7 nitrogen and oxygen atoms in total. The molecular formula is C20H20FN3O4. The SMILES string of the molecule is COc1ccc(NC(=O)CNC(=O)C2CC2)cc1NC(=O)c1cccc(F)c1. The predicted molar refractivity (Wildman–Crippen MR) is 102 cm³/mol. The van der Waals surface area contributed by atoms with Crippen LogP contribution in [0.1, 0.15) is 23.2 Å². The molecule has 0 saturated heterocycles. The Morgan fingerprint density at radius 2 is 1.89 bits per heavy atom. The summed E-state index contributed by atoms with van der Waals surface area (Å²) in [6, 6.07) is 10.0. The normalized spacial score (nSPS) is 12.8. The maximum absolute atomic E-state index is 13.3. The zero-order valence-electron chi connectivity index (χ0n) is 15.3. The van der Waals surface area contributed by atoms with Gasteiger partial charge in [-0.15, -0.1) is 0 Å². The van der Waals surface area contributed by atoms with Gasteiger partial charge in [-0.3, -0.25) is 14.4 Å². The van der Waals surface area contributed by atoms with Gasteiger partial charge in [0.1, 0.15) is 11.6 Å². The average Bonchev–Trinajstić information content (AvgIpc) is 3.52. The molecule has 0 radical (unpaired) electrons. The molecule has 3 N–H and O–H groups in total. The number of rotatable bonds is 7. The van der Waals surface area contributed by atoms with E-state index in [0.717, 1.165) is 18.9 Å². The Bertz CT molecular complexity index is 912. The molecule has 0 heterocycles. The van der Waals surface area contributed by atoms with Crippen LogP contribution in [0.3, 0.4) is 0 Å². The number of methoxy groups -OCH3 is 1. The van der Waals surface area contributed by atoms with Crippen LogP contribution in [0.2, 0.25) is 0 Å². The first-order chi connectivity index (χ1) is 13.5. The molecule has 0 atom stereocenters. The van der Waals surface area contributed by atoms with Crippen molar-refractivity contribution in [3.8, 4) is 5.75 Å². The molecule has 0 aliphatic heterocycles. The van der Waals surface area contributed by atoms with Crippen molar-refractivity contribution in [1.82, 2.24) is 5.32 Å². The van der Waals surface area contributed by atoms with Gasteiger partial charge in [-0.25, -0.2) is 4.39 Å². The molecule has 0 bridgehead atoms. The van der Waals surface area contributed by atoms with E-state index in [9.17, 15) is 18.8 Å². The number of carbonyl (C=O) groups excluding carboxylic acids is 3. The van der Waals surface area contributed by atoms with Crippen LogP contribution in [-0.4, -0.2) is 31.4 Å². The highest BCUT2D eigenvalue weighted by Crippen LogP contribution is 2.29. The summed E-state index contributed by atoms with van der Waals surface area (Å²) < 4.78 is 18.5. The molecule has 146 valence electrons. The van der Waals surface area contributed by atoms with E-state index >= 15 is 0 Å². The number of nitrogens with one attached hydrogen (secondary N) is 3. The number of halogens is 1. The van der Waals surface area contributed by atoms with E-state index in [2.05, 4.69) is 16.0 Å². The Kier molecular flexibility index (Phi) is 5.88. The molecule has 0 unspecified atom stereocenters. The minimum absolute atomic E-state index is 0.0263. The van der Waals surface area contributed by atoms with Gasteiger partial charge in [-0.1, -0.05) is 6.07 Å². The number of amides is 3. The zero-order valence-corrected chi connectivity index (χ0v) is 15.3. The molecule has 28 heavy (non-hydrogen) atoms. The van der Waals surface area contributed by atoms with E-state index in [4.69, 9.17) is 4.74 Å². The molecule has 2 aromatic rings. The second-order valence-corrected chi connectivity index (χ2v) is 6.42. The van der Waals surface area contributed by atoms with Gasteiger partial charge in [0.25, 0.3) is 5.91 Å². The predicted octanol–water partition coefficient (Wildman–Crippen LogP) is 2.55. The van der Waals surface area contributed by atoms with Gasteiger partial charge in [-0.2, -0.15) is 0 Å². The average molecular weight is 385 g/mol. The summed E-state index contributed by atoms with van der Waals surface area (Å²) in [4.78, 5) is 36.0. The van der Waals surface area contributed by atoms with Crippen LogP contribution in [-0.2, 0) is 9.59 Å². The first-order valence-corrected chi connectivity index (χ1v) is 8.79. The monoisotopic (exact) mass is 385 g/mol. The number of hydrogen-bond donors (Lipinski definition) is 3. The summed E-state index contributed by atoms with van der Waals surface area (Å²) in [5.74, 6) is -1.13. The molecule has 2 aromatic carbocycles. The Labute approximate surface area is 161 Å². The van der Waals surface area contributed by atoms with Crippen molar-refractivity contribution in [3.05, 3.63) is 53.8 Å². The summed E-state index contributed by atoms with van der Waals surface area (Å²) in [6.07, 6.45) is 1.72. The van der Waals surface area contributed by atoms with E-state index in [1.165, 1.54) is 31.4 Å². The molecular weight excluding hydrogens is 365 g/mol. The lowest BCUT2D eigenvalue weighted by Gasteiger charge is -2.13. The lowest BCUT2D eigenvalue weighted by Crippen LogP contribution is -2.33. The quantitative estimate of drug-likeness (QED) is 0.682. The molecule has 0 aromatic heterocycles. The Morgan fingerprint density at radius 3 is 2.57 bits per heavy atom. The summed E-state index contributed by atoms with van der Waals surface area (Å²) in [5, 5.41) is 7.87. The van der Waals surface area contributed by atoms with E-state index in [0.29, 0.717) is 17.1 Å². The number of hydrogen-bond acceptors (Lipinski definition) is 4. The van der Waals surface area contributed by atoms with E-state index in [-0.39, 0.29) is 29.8 Å². The maximum Gasteiger partial charge on any atom is 0.255 e. The Morgan fingerprint density at radius 1 is 1.11 bits per heavy atom. The maximum atomic E-state index is 13.3. The van der Waals surface area contributed by atoms with Gasteiger partial charge < -0.3 is 20.7 Å². The highest BCUT2D eigenvalue weighted by Gasteiger charge is 2.29. The standard InChI is InChI=1S/C20H20FN3O4/c1-28-17-8-7-15(23-18(25)11-22-19(26)12-5-6-12)10-16(17)24-20(27)13-3-2-4-14(21)9-13/h2-4,7-10,12H,5-6,11H2,1H3,(H,22,26)(H,23,25)(H,24,27). The van der Waals surface area contributed by atoms with Gasteiger partial charge in [0.2, 0.25) is 11.8 Å². The Balaban J connectivity index is 1.66. The van der Waals surface area contributed by atoms with Crippen molar-refractivity contribution >= 4 is 29.1 Å². The summed E-state index contributed by atoms with van der Waals surface area (Å²) in [6.45, 7) is -0.133. The smallest absolute Gasteiger partial charge is 0.255 e. The fourth-order valence-corrected chi connectivity index (χ4v) is 2.57. The topological polar surface area (TPSA) is 96.5 Å². The van der Waals surface area contributed by atoms with Crippen LogP contribution in [0.5, 0.6) is 5.75 Å². The lowest BCUT2D eigenvalue weighted by molar-refractivity contribution is -0.125. The van der Waals surface area contributed by atoms with Crippen molar-refractivity contribution in [2.45, 2.75) is 12.8 Å². The molecule has 8 heteroatoms. The third-order valence-corrected chi connectivity index (χ3v) is 4.19. The minimum Gasteiger partial charge on any atom is -0.495 e. The number of carbonyl (C=O) groups is 3. The van der Waals surface area contributed by atoms with Crippen molar-refractivity contribution in [3.63, 3.8) is 0 Å². The fourth-order valence-electron chi connectivity index (χ4n) is 2.57. The number of ether oxygens (including phenoxy) is 1. The summed E-state index contributed by atoms with van der Waals surface area (Å²) >= 11 is 0. The molecule has 1 fully saturated rings. The largest absolute Gasteiger partial charge is 0.495 e. The fraction of sp³-hybridized carbons (Fsp3) is 0.250. The lowest BCUT2D eigenvalue weighted by atomic mass is 10.2. The van der Waals surface area contributed by atoms with Crippen LogP contribution in [0, 0.1) is 11.7 Å². The van der Waals surface area contributed by atoms with Crippen molar-refractivity contribution < 1.29 is 23.5 Å². The third kappa shape index (κ3) is 5.06.